The maximum absolute atomic E-state index is 10.0. The van der Waals surface area contributed by atoms with Crippen LogP contribution in [0.3, 0.4) is 0 Å². The van der Waals surface area contributed by atoms with Gasteiger partial charge in [0.05, 0.1) is 6.61 Å². The lowest BCUT2D eigenvalue weighted by molar-refractivity contribution is 0.104. The molecule has 5 nitrogen and oxygen atoms in total. The van der Waals surface area contributed by atoms with E-state index in [0.29, 0.717) is 25.8 Å². The van der Waals surface area contributed by atoms with Gasteiger partial charge < -0.3 is 19.9 Å². The molecule has 2 rings (SSSR count). The molecule has 1 aliphatic rings. The maximum atomic E-state index is 10.0. The first-order valence-electron chi connectivity index (χ1n) is 8.71. The van der Waals surface area contributed by atoms with E-state index in [1.807, 2.05) is 31.2 Å². The Morgan fingerprint density at radius 2 is 1.91 bits per heavy atom. The van der Waals surface area contributed by atoms with Crippen molar-refractivity contribution in [2.24, 2.45) is 0 Å². The minimum Gasteiger partial charge on any atom is -0.494 e. The van der Waals surface area contributed by atoms with Crippen molar-refractivity contribution in [1.29, 1.82) is 0 Å². The van der Waals surface area contributed by atoms with E-state index in [4.69, 9.17) is 9.47 Å². The SMILES string of the molecule is CCOc1ccc(OCC(O)CNCC2CCCN2CC)cc1. The standard InChI is InChI=1S/C18H30N2O3/c1-3-20-11-5-6-15(20)12-19-13-16(21)14-23-18-9-7-17(8-10-18)22-4-2/h7-10,15-16,19,21H,3-6,11-14H2,1-2H3. The van der Waals surface area contributed by atoms with Crippen LogP contribution in [0.5, 0.6) is 11.5 Å². The maximum Gasteiger partial charge on any atom is 0.119 e. The van der Waals surface area contributed by atoms with E-state index < -0.39 is 6.10 Å². The third kappa shape index (κ3) is 6.01. The molecule has 0 aliphatic carbocycles. The van der Waals surface area contributed by atoms with E-state index in [1.165, 1.54) is 19.4 Å². The Labute approximate surface area is 139 Å². The molecule has 5 heteroatoms. The largest absolute Gasteiger partial charge is 0.494 e. The molecule has 1 aromatic carbocycles. The zero-order valence-electron chi connectivity index (χ0n) is 14.3. The van der Waals surface area contributed by atoms with Crippen molar-refractivity contribution in [3.63, 3.8) is 0 Å². The second kappa shape index (κ2) is 9.75. The third-order valence-corrected chi connectivity index (χ3v) is 4.24. The fourth-order valence-corrected chi connectivity index (χ4v) is 3.01. The molecular weight excluding hydrogens is 292 g/mol. The molecular formula is C18H30N2O3. The molecule has 1 fully saturated rings. The highest BCUT2D eigenvalue weighted by Crippen LogP contribution is 2.18. The van der Waals surface area contributed by atoms with Crippen molar-refractivity contribution in [2.45, 2.75) is 38.8 Å². The number of likely N-dealkylation sites (N-methyl/N-ethyl adjacent to an activating group) is 1. The van der Waals surface area contributed by atoms with Gasteiger partial charge in [0, 0.05) is 19.1 Å². The molecule has 0 bridgehead atoms. The van der Waals surface area contributed by atoms with Crippen LogP contribution in [0.15, 0.2) is 24.3 Å². The summed E-state index contributed by atoms with van der Waals surface area (Å²) in [4.78, 5) is 2.50. The van der Waals surface area contributed by atoms with Gasteiger partial charge in [-0.1, -0.05) is 6.92 Å². The average molecular weight is 322 g/mol. The summed E-state index contributed by atoms with van der Waals surface area (Å²) in [5.41, 5.74) is 0. The average Bonchev–Trinajstić information content (AvgIpc) is 3.02. The fraction of sp³-hybridized carbons (Fsp3) is 0.667. The molecule has 23 heavy (non-hydrogen) atoms. The molecule has 0 saturated carbocycles. The number of likely N-dealkylation sites (tertiary alicyclic amines) is 1. The van der Waals surface area contributed by atoms with Crippen LogP contribution in [0.25, 0.3) is 0 Å². The number of benzene rings is 1. The topological polar surface area (TPSA) is 54.0 Å². The number of nitrogens with one attached hydrogen (secondary N) is 1. The Morgan fingerprint density at radius 1 is 1.22 bits per heavy atom. The minimum atomic E-state index is -0.502. The number of nitrogens with zero attached hydrogens (tertiary/aromatic N) is 1. The normalized spacial score (nSPS) is 19.7. The Balaban J connectivity index is 1.62. The van der Waals surface area contributed by atoms with Gasteiger partial charge in [0.15, 0.2) is 0 Å². The molecule has 0 amide bonds. The predicted octanol–water partition coefficient (Wildman–Crippen LogP) is 1.90. The molecule has 2 atom stereocenters. The highest BCUT2D eigenvalue weighted by molar-refractivity contribution is 5.31. The van der Waals surface area contributed by atoms with Crippen molar-refractivity contribution < 1.29 is 14.6 Å². The molecule has 1 saturated heterocycles. The zero-order valence-corrected chi connectivity index (χ0v) is 14.3. The second-order valence-corrected chi connectivity index (χ2v) is 5.95. The Hall–Kier alpha value is -1.30. The van der Waals surface area contributed by atoms with Crippen LogP contribution in [-0.2, 0) is 0 Å². The summed E-state index contributed by atoms with van der Waals surface area (Å²) in [7, 11) is 0. The smallest absolute Gasteiger partial charge is 0.119 e. The molecule has 0 aromatic heterocycles. The van der Waals surface area contributed by atoms with Crippen LogP contribution in [0.4, 0.5) is 0 Å². The van der Waals surface area contributed by atoms with Crippen LogP contribution in [-0.4, -0.2) is 61.5 Å². The molecule has 0 radical (unpaired) electrons. The first-order valence-corrected chi connectivity index (χ1v) is 8.71. The first kappa shape index (κ1) is 18.0. The number of aliphatic hydroxyl groups excluding tert-OH is 1. The zero-order chi connectivity index (χ0) is 16.5. The number of ether oxygens (including phenoxy) is 2. The van der Waals surface area contributed by atoms with E-state index in [2.05, 4.69) is 17.1 Å². The van der Waals surface area contributed by atoms with Gasteiger partial charge in [0.1, 0.15) is 24.2 Å². The van der Waals surface area contributed by atoms with Crippen LogP contribution >= 0.6 is 0 Å². The summed E-state index contributed by atoms with van der Waals surface area (Å²) in [6.45, 7) is 8.92. The second-order valence-electron chi connectivity index (χ2n) is 5.95. The first-order chi connectivity index (χ1) is 11.2. The van der Waals surface area contributed by atoms with Crippen LogP contribution in [0, 0.1) is 0 Å². The number of rotatable bonds is 10. The Kier molecular flexibility index (Phi) is 7.65. The molecule has 0 spiro atoms. The summed E-state index contributed by atoms with van der Waals surface area (Å²) in [5.74, 6) is 1.58. The quantitative estimate of drug-likeness (QED) is 0.689. The fourth-order valence-electron chi connectivity index (χ4n) is 3.01. The van der Waals surface area contributed by atoms with Crippen LogP contribution in [0.2, 0.25) is 0 Å². The molecule has 2 N–H and O–H groups in total. The van der Waals surface area contributed by atoms with Gasteiger partial charge in [0.25, 0.3) is 0 Å². The Bertz CT molecular complexity index is 438. The van der Waals surface area contributed by atoms with Crippen molar-refractivity contribution in [1.82, 2.24) is 10.2 Å². The molecule has 1 aromatic rings. The number of hydrogen-bond donors (Lipinski definition) is 2. The van der Waals surface area contributed by atoms with Crippen molar-refractivity contribution in [2.75, 3.05) is 39.4 Å². The van der Waals surface area contributed by atoms with Crippen molar-refractivity contribution in [3.8, 4) is 11.5 Å². The van der Waals surface area contributed by atoms with Crippen molar-refractivity contribution >= 4 is 0 Å². The monoisotopic (exact) mass is 322 g/mol. The lowest BCUT2D eigenvalue weighted by Crippen LogP contribution is -2.41. The highest BCUT2D eigenvalue weighted by Gasteiger charge is 2.22. The van der Waals surface area contributed by atoms with E-state index in [0.717, 1.165) is 24.6 Å². The lowest BCUT2D eigenvalue weighted by Gasteiger charge is -2.23. The van der Waals surface area contributed by atoms with Gasteiger partial charge in [-0.3, -0.25) is 4.90 Å². The van der Waals surface area contributed by atoms with Crippen LogP contribution < -0.4 is 14.8 Å². The summed E-state index contributed by atoms with van der Waals surface area (Å²) >= 11 is 0. The summed E-state index contributed by atoms with van der Waals surface area (Å²) in [5, 5.41) is 13.4. The Morgan fingerprint density at radius 3 is 2.57 bits per heavy atom. The van der Waals surface area contributed by atoms with E-state index in [1.54, 1.807) is 0 Å². The number of hydrogen-bond acceptors (Lipinski definition) is 5. The van der Waals surface area contributed by atoms with Gasteiger partial charge in [-0.05, 0) is 57.1 Å². The minimum absolute atomic E-state index is 0.295. The summed E-state index contributed by atoms with van der Waals surface area (Å²) < 4.78 is 11.0. The summed E-state index contributed by atoms with van der Waals surface area (Å²) in [6, 6.07) is 8.09. The molecule has 130 valence electrons. The van der Waals surface area contributed by atoms with Gasteiger partial charge in [-0.25, -0.2) is 0 Å². The van der Waals surface area contributed by atoms with Gasteiger partial charge in [0.2, 0.25) is 0 Å². The number of aliphatic hydroxyl groups is 1. The molecule has 2 unspecified atom stereocenters. The predicted molar refractivity (Wildman–Crippen MR) is 92.3 cm³/mol. The molecule has 1 heterocycles. The van der Waals surface area contributed by atoms with E-state index in [-0.39, 0.29) is 0 Å². The highest BCUT2D eigenvalue weighted by atomic mass is 16.5. The van der Waals surface area contributed by atoms with Gasteiger partial charge >= 0.3 is 0 Å². The van der Waals surface area contributed by atoms with E-state index in [9.17, 15) is 5.11 Å². The van der Waals surface area contributed by atoms with Gasteiger partial charge in [-0.15, -0.1) is 0 Å². The molecule has 1 aliphatic heterocycles. The lowest BCUT2D eigenvalue weighted by atomic mass is 10.2. The summed E-state index contributed by atoms with van der Waals surface area (Å²) in [6.07, 6.45) is 2.03. The van der Waals surface area contributed by atoms with Crippen molar-refractivity contribution in [3.05, 3.63) is 24.3 Å². The van der Waals surface area contributed by atoms with E-state index >= 15 is 0 Å². The van der Waals surface area contributed by atoms with Gasteiger partial charge in [-0.2, -0.15) is 0 Å². The third-order valence-electron chi connectivity index (χ3n) is 4.24. The van der Waals surface area contributed by atoms with Crippen LogP contribution in [0.1, 0.15) is 26.7 Å².